The van der Waals surface area contributed by atoms with Crippen molar-refractivity contribution in [2.75, 3.05) is 0 Å². The van der Waals surface area contributed by atoms with Crippen LogP contribution in [0, 0.1) is 0 Å². The Balaban J connectivity index is 0.000000188. The van der Waals surface area contributed by atoms with Gasteiger partial charge in [-0.1, -0.05) is 239 Å². The minimum Gasteiger partial charge on any atom is -0.456 e. The SMILES string of the molecule is Brc1cc(Br)cc(Br)c1.C.C.OB(O)c1ccc2oc3cc4oc5ccc(-c6ccccc6)cc5c4cc3c2c1.c1ccc(-c2ccc3oc4cc5oc6ccc(-c7cc(-c8ccc9oc%10cc%11oc%12ccc(-c%13ccccc%13)cc%12c%11cc%10c9c8)cc(-c8ccc9oc%10cc%11oc%12ccc(-c%13ccccc%13)cc%12c%11cc%10c9c8)c7)cc6c5cc4c3c2)cc1. The van der Waals surface area contributed by atoms with E-state index in [1.807, 2.05) is 84.9 Å². The molecule has 0 saturated carbocycles. The van der Waals surface area contributed by atoms with Crippen molar-refractivity contribution in [3.63, 3.8) is 0 Å². The first kappa shape index (κ1) is 76.0. The first-order valence-corrected chi connectivity index (χ1v) is 42.4. The Kier molecular flexibility index (Phi) is 18.5. The van der Waals surface area contributed by atoms with Crippen LogP contribution in [0.5, 0.6) is 0 Å². The van der Waals surface area contributed by atoms with E-state index < -0.39 is 7.12 Å². The van der Waals surface area contributed by atoms with Crippen molar-refractivity contribution in [1.82, 2.24) is 0 Å². The molecule has 0 aliphatic heterocycles. The number of furan rings is 8. The highest BCUT2D eigenvalue weighted by Crippen LogP contribution is 2.47. The van der Waals surface area contributed by atoms with Crippen LogP contribution in [0.25, 0.3) is 253 Å². The van der Waals surface area contributed by atoms with Gasteiger partial charge in [0.1, 0.15) is 89.3 Å². The monoisotopic (exact) mass is 1800 g/mol. The van der Waals surface area contributed by atoms with Gasteiger partial charge in [-0.3, -0.25) is 0 Å². The van der Waals surface area contributed by atoms with Crippen LogP contribution in [0.4, 0.5) is 0 Å². The zero-order valence-corrected chi connectivity index (χ0v) is 69.1. The smallest absolute Gasteiger partial charge is 0.456 e. The number of halogens is 3. The van der Waals surface area contributed by atoms with Gasteiger partial charge >= 0.3 is 7.12 Å². The quantitative estimate of drug-likeness (QED) is 0.141. The second-order valence-corrected chi connectivity index (χ2v) is 33.9. The molecule has 8 aromatic heterocycles. The average Bonchev–Trinajstić information content (AvgIpc) is 1.59. The maximum atomic E-state index is 9.52. The molecule has 26 aromatic rings. The summed E-state index contributed by atoms with van der Waals surface area (Å²) in [6.07, 6.45) is 0. The van der Waals surface area contributed by atoms with Crippen LogP contribution in [0.15, 0.2) is 401 Å². The second-order valence-electron chi connectivity index (χ2n) is 31.2. The van der Waals surface area contributed by atoms with Crippen molar-refractivity contribution in [3.05, 3.63) is 365 Å². The molecular weight excluding hydrogens is 1730 g/mol. The molecule has 26 rings (SSSR count). The molecule has 2 N–H and O–H groups in total. The molecular formula is C110H68BBr3O10. The normalized spacial score (nSPS) is 11.8. The topological polar surface area (TPSA) is 146 Å². The third kappa shape index (κ3) is 13.1. The van der Waals surface area contributed by atoms with E-state index >= 15 is 0 Å². The molecule has 0 atom stereocenters. The molecule has 0 bridgehead atoms. The Morgan fingerprint density at radius 3 is 0.532 bits per heavy atom. The standard InChI is InChI=1S/C78H42O6.C24H15BO4.C6H3Br3.2CH4/c1-4-10-43(11-5-1)46-16-22-67-55(31-46)61-37-64-58-34-49(19-25-70(58)82-76(64)40-73(61)79-67)52-28-53(50-20-26-71-59(35-50)65-38-62-56-32-47(44-12-6-2-7-13-44)17-23-68(56)80-74(62)41-77(65)83-71)30-54(29-52)51-21-27-72-60(36-51)66-39-63-57-33-48(45-14-8-3-9-15-45)18-24-69(57)81-75(63)42-78(66)84-72;26-25(27)16-7-9-22-18(11-16)20-12-19-17-10-15(14-4-2-1-3-5-14)6-8-21(17)28-23(19)13-24(20)29-22;7-4-1-5(8)3-6(9)2-4;;/h1-42H;1-13,26-27H;1-3H;2*1H4. The zero-order valence-electron chi connectivity index (χ0n) is 64.4. The van der Waals surface area contributed by atoms with Gasteiger partial charge in [0.25, 0.3) is 0 Å². The number of rotatable bonds is 8. The van der Waals surface area contributed by atoms with E-state index in [0.29, 0.717) is 16.6 Å². The van der Waals surface area contributed by atoms with E-state index in [0.717, 1.165) is 256 Å². The summed E-state index contributed by atoms with van der Waals surface area (Å²) in [5.74, 6) is 0. The van der Waals surface area contributed by atoms with Gasteiger partial charge in [0.15, 0.2) is 0 Å². The van der Waals surface area contributed by atoms with Crippen molar-refractivity contribution >= 4 is 236 Å². The number of fused-ring (bicyclic) bond motifs is 24. The van der Waals surface area contributed by atoms with Crippen LogP contribution in [0.1, 0.15) is 14.9 Å². The molecule has 14 heteroatoms. The molecule has 18 aromatic carbocycles. The first-order chi connectivity index (χ1) is 59.8. The molecule has 0 amide bonds. The number of hydrogen-bond acceptors (Lipinski definition) is 10. The van der Waals surface area contributed by atoms with Crippen molar-refractivity contribution < 1.29 is 45.4 Å². The minimum absolute atomic E-state index is 0. The van der Waals surface area contributed by atoms with Gasteiger partial charge in [-0.15, -0.1) is 0 Å². The lowest BCUT2D eigenvalue weighted by molar-refractivity contribution is 0.426. The molecule has 0 spiro atoms. The minimum atomic E-state index is -1.52. The van der Waals surface area contributed by atoms with Gasteiger partial charge in [0.2, 0.25) is 0 Å². The second kappa shape index (κ2) is 30.1. The summed E-state index contributed by atoms with van der Waals surface area (Å²) < 4.78 is 54.5. The molecule has 0 unspecified atom stereocenters. The first-order valence-electron chi connectivity index (χ1n) is 40.0. The highest BCUT2D eigenvalue weighted by Gasteiger charge is 2.23. The summed E-state index contributed by atoms with van der Waals surface area (Å²) in [4.78, 5) is 0. The van der Waals surface area contributed by atoms with Crippen LogP contribution < -0.4 is 5.46 Å². The van der Waals surface area contributed by atoms with Crippen LogP contribution in [0.3, 0.4) is 0 Å². The van der Waals surface area contributed by atoms with Gasteiger partial charge in [-0.2, -0.15) is 0 Å². The Morgan fingerprint density at radius 1 is 0.153 bits per heavy atom. The Morgan fingerprint density at radius 2 is 0.331 bits per heavy atom. The van der Waals surface area contributed by atoms with E-state index in [9.17, 15) is 10.0 Å². The zero-order chi connectivity index (χ0) is 81.1. The van der Waals surface area contributed by atoms with Gasteiger partial charge < -0.3 is 45.4 Å². The fraction of sp³-hybridized carbons (Fsp3) is 0.0182. The highest BCUT2D eigenvalue weighted by atomic mass is 79.9. The third-order valence-corrected chi connectivity index (χ3v) is 25.1. The summed E-state index contributed by atoms with van der Waals surface area (Å²) in [6, 6.07) is 122. The summed E-state index contributed by atoms with van der Waals surface area (Å²) in [7, 11) is -1.52. The predicted octanol–water partition coefficient (Wildman–Crippen LogP) is 33.2. The molecule has 0 aliphatic carbocycles. The lowest BCUT2D eigenvalue weighted by Gasteiger charge is -2.12. The predicted molar refractivity (Wildman–Crippen MR) is 522 cm³/mol. The molecule has 0 fully saturated rings. The van der Waals surface area contributed by atoms with Crippen LogP contribution in [-0.4, -0.2) is 17.2 Å². The van der Waals surface area contributed by atoms with Crippen molar-refractivity contribution in [2.24, 2.45) is 0 Å². The Hall–Kier alpha value is -14.2. The van der Waals surface area contributed by atoms with Gasteiger partial charge in [-0.05, 0) is 235 Å². The van der Waals surface area contributed by atoms with Gasteiger partial charge in [-0.25, -0.2) is 0 Å². The van der Waals surface area contributed by atoms with Crippen molar-refractivity contribution in [3.8, 4) is 77.9 Å². The fourth-order valence-corrected chi connectivity index (χ4v) is 20.2. The maximum Gasteiger partial charge on any atom is 0.488 e. The van der Waals surface area contributed by atoms with Crippen molar-refractivity contribution in [1.29, 1.82) is 0 Å². The summed E-state index contributed by atoms with van der Waals surface area (Å²) in [5, 5.41) is 35.4. The lowest BCUT2D eigenvalue weighted by Crippen LogP contribution is -2.29. The molecule has 592 valence electrons. The molecule has 124 heavy (non-hydrogen) atoms. The van der Waals surface area contributed by atoms with E-state index in [1.165, 1.54) is 0 Å². The average molecular weight is 1800 g/mol. The third-order valence-electron chi connectivity index (χ3n) is 23.8. The number of benzene rings is 18. The van der Waals surface area contributed by atoms with E-state index in [4.69, 9.17) is 35.3 Å². The van der Waals surface area contributed by atoms with Crippen LogP contribution >= 0.6 is 47.8 Å². The maximum absolute atomic E-state index is 9.52. The summed E-state index contributed by atoms with van der Waals surface area (Å²) in [5.41, 5.74) is 28.7. The van der Waals surface area contributed by atoms with Gasteiger partial charge in [0.05, 0.1) is 0 Å². The molecule has 0 saturated heterocycles. The Bertz CT molecular complexity index is 8140. The van der Waals surface area contributed by atoms with Crippen LogP contribution in [-0.2, 0) is 0 Å². The van der Waals surface area contributed by atoms with Crippen LogP contribution in [0.2, 0.25) is 0 Å². The van der Waals surface area contributed by atoms with E-state index in [-0.39, 0.29) is 14.9 Å². The lowest BCUT2D eigenvalue weighted by atomic mass is 9.80. The molecule has 8 heterocycles. The van der Waals surface area contributed by atoms with Gasteiger partial charge in [0, 0.05) is 124 Å². The molecule has 10 nitrogen and oxygen atoms in total. The fourth-order valence-electron chi connectivity index (χ4n) is 17.8. The Labute approximate surface area is 733 Å². The highest BCUT2D eigenvalue weighted by molar-refractivity contribution is 9.11. The number of hydrogen-bond donors (Lipinski definition) is 2. The molecule has 0 aliphatic rings. The molecule has 0 radical (unpaired) electrons. The largest absolute Gasteiger partial charge is 0.488 e. The van der Waals surface area contributed by atoms with Crippen molar-refractivity contribution in [2.45, 2.75) is 14.9 Å². The summed E-state index contributed by atoms with van der Waals surface area (Å²) in [6.45, 7) is 0. The van der Waals surface area contributed by atoms with E-state index in [2.05, 4.69) is 297 Å². The van der Waals surface area contributed by atoms with E-state index in [1.54, 1.807) is 18.2 Å². The summed E-state index contributed by atoms with van der Waals surface area (Å²) >= 11 is 10.1.